The van der Waals surface area contributed by atoms with E-state index in [1.807, 2.05) is 0 Å². The van der Waals surface area contributed by atoms with Crippen molar-refractivity contribution in [1.29, 1.82) is 0 Å². The maximum atomic E-state index is 3.55. The molecule has 1 N–H and O–H groups in total. The number of rotatable bonds is 0. The summed E-state index contributed by atoms with van der Waals surface area (Å²) in [6.45, 7) is 6.71. The summed E-state index contributed by atoms with van der Waals surface area (Å²) in [5, 5.41) is 3.55. The van der Waals surface area contributed by atoms with E-state index in [1.165, 1.54) is 23.2 Å². The average Bonchev–Trinajstić information content (AvgIpc) is 2.08. The molecule has 0 amide bonds. The Morgan fingerprint density at radius 3 is 2.85 bits per heavy atom. The summed E-state index contributed by atoms with van der Waals surface area (Å²) >= 11 is 0. The minimum atomic E-state index is 0.606. The standard InChI is InChI=1S/C12H17N/c1-8-4-5-11-7-9(2)10(3)13-12(11)6-8/h4-6,9-10,13H,7H2,1-3H3. The maximum absolute atomic E-state index is 3.55. The van der Waals surface area contributed by atoms with Gasteiger partial charge in [-0.05, 0) is 43.4 Å². The quantitative estimate of drug-likeness (QED) is 0.639. The molecular weight excluding hydrogens is 158 g/mol. The molecule has 0 saturated heterocycles. The largest absolute Gasteiger partial charge is 0.382 e. The summed E-state index contributed by atoms with van der Waals surface area (Å²) in [7, 11) is 0. The highest BCUT2D eigenvalue weighted by Gasteiger charge is 2.20. The Labute approximate surface area is 80.2 Å². The lowest BCUT2D eigenvalue weighted by atomic mass is 9.89. The van der Waals surface area contributed by atoms with Crippen LogP contribution in [0.25, 0.3) is 0 Å². The fraction of sp³-hybridized carbons (Fsp3) is 0.500. The predicted octanol–water partition coefficient (Wildman–Crippen LogP) is 2.99. The number of aryl methyl sites for hydroxylation is 1. The van der Waals surface area contributed by atoms with Gasteiger partial charge >= 0.3 is 0 Å². The molecule has 0 bridgehead atoms. The summed E-state index contributed by atoms with van der Waals surface area (Å²) in [6.07, 6.45) is 1.21. The Balaban J connectivity index is 2.37. The van der Waals surface area contributed by atoms with Gasteiger partial charge in [0.05, 0.1) is 0 Å². The van der Waals surface area contributed by atoms with Gasteiger partial charge in [0.1, 0.15) is 0 Å². The fourth-order valence-electron chi connectivity index (χ4n) is 1.91. The molecule has 1 heterocycles. The summed E-state index contributed by atoms with van der Waals surface area (Å²) in [5.74, 6) is 0.746. The molecule has 0 spiro atoms. The van der Waals surface area contributed by atoms with E-state index in [0.29, 0.717) is 6.04 Å². The Morgan fingerprint density at radius 2 is 2.08 bits per heavy atom. The number of nitrogens with one attached hydrogen (secondary N) is 1. The fourth-order valence-corrected chi connectivity index (χ4v) is 1.91. The Kier molecular flexibility index (Phi) is 2.03. The SMILES string of the molecule is Cc1ccc2c(c1)NC(C)C(C)C2. The van der Waals surface area contributed by atoms with Crippen LogP contribution in [0.4, 0.5) is 5.69 Å². The van der Waals surface area contributed by atoms with Gasteiger partial charge in [0.2, 0.25) is 0 Å². The molecule has 2 rings (SSSR count). The van der Waals surface area contributed by atoms with E-state index in [4.69, 9.17) is 0 Å². The van der Waals surface area contributed by atoms with Crippen molar-refractivity contribution in [2.45, 2.75) is 33.2 Å². The molecule has 0 aromatic heterocycles. The van der Waals surface area contributed by atoms with Crippen molar-refractivity contribution in [2.24, 2.45) is 5.92 Å². The molecule has 1 aromatic carbocycles. The molecule has 1 aliphatic rings. The second-order valence-corrected chi connectivity index (χ2v) is 4.28. The van der Waals surface area contributed by atoms with Gasteiger partial charge < -0.3 is 5.32 Å². The highest BCUT2D eigenvalue weighted by molar-refractivity contribution is 5.55. The summed E-state index contributed by atoms with van der Waals surface area (Å²) in [5.41, 5.74) is 4.15. The van der Waals surface area contributed by atoms with Crippen LogP contribution in [0.3, 0.4) is 0 Å². The van der Waals surface area contributed by atoms with Crippen LogP contribution in [0.5, 0.6) is 0 Å². The first kappa shape index (κ1) is 8.61. The highest BCUT2D eigenvalue weighted by atomic mass is 14.9. The molecule has 0 fully saturated rings. The first-order valence-electron chi connectivity index (χ1n) is 5.03. The zero-order chi connectivity index (χ0) is 9.42. The maximum Gasteiger partial charge on any atom is 0.0377 e. The van der Waals surface area contributed by atoms with Crippen LogP contribution in [0, 0.1) is 12.8 Å². The number of benzene rings is 1. The monoisotopic (exact) mass is 175 g/mol. The Morgan fingerprint density at radius 1 is 1.31 bits per heavy atom. The molecule has 1 nitrogen and oxygen atoms in total. The van der Waals surface area contributed by atoms with Crippen molar-refractivity contribution in [2.75, 3.05) is 5.32 Å². The third-order valence-electron chi connectivity index (χ3n) is 3.04. The number of anilines is 1. The van der Waals surface area contributed by atoms with Crippen molar-refractivity contribution in [1.82, 2.24) is 0 Å². The number of hydrogen-bond donors (Lipinski definition) is 1. The highest BCUT2D eigenvalue weighted by Crippen LogP contribution is 2.28. The van der Waals surface area contributed by atoms with E-state index in [2.05, 4.69) is 44.3 Å². The molecule has 70 valence electrons. The Bertz CT molecular complexity index is 317. The first-order valence-corrected chi connectivity index (χ1v) is 5.03. The summed E-state index contributed by atoms with van der Waals surface area (Å²) < 4.78 is 0. The molecule has 1 heteroatoms. The molecule has 13 heavy (non-hydrogen) atoms. The van der Waals surface area contributed by atoms with E-state index in [0.717, 1.165) is 5.92 Å². The molecule has 2 atom stereocenters. The average molecular weight is 175 g/mol. The lowest BCUT2D eigenvalue weighted by molar-refractivity contribution is 0.491. The Hall–Kier alpha value is -0.980. The third kappa shape index (κ3) is 1.55. The van der Waals surface area contributed by atoms with Gasteiger partial charge in [-0.1, -0.05) is 19.1 Å². The minimum absolute atomic E-state index is 0.606. The van der Waals surface area contributed by atoms with Gasteiger partial charge in [0, 0.05) is 11.7 Å². The first-order chi connectivity index (χ1) is 6.16. The van der Waals surface area contributed by atoms with Crippen LogP contribution >= 0.6 is 0 Å². The van der Waals surface area contributed by atoms with E-state index in [1.54, 1.807) is 0 Å². The van der Waals surface area contributed by atoms with Gasteiger partial charge in [0.15, 0.2) is 0 Å². The zero-order valence-corrected chi connectivity index (χ0v) is 8.59. The normalized spacial score (nSPS) is 26.4. The van der Waals surface area contributed by atoms with E-state index >= 15 is 0 Å². The predicted molar refractivity (Wildman–Crippen MR) is 57.1 cm³/mol. The van der Waals surface area contributed by atoms with E-state index < -0.39 is 0 Å². The molecule has 2 unspecified atom stereocenters. The van der Waals surface area contributed by atoms with Crippen molar-refractivity contribution in [3.63, 3.8) is 0 Å². The molecule has 0 saturated carbocycles. The lowest BCUT2D eigenvalue weighted by Crippen LogP contribution is -2.30. The van der Waals surface area contributed by atoms with Crippen LogP contribution in [0.2, 0.25) is 0 Å². The second kappa shape index (κ2) is 3.06. The second-order valence-electron chi connectivity index (χ2n) is 4.28. The topological polar surface area (TPSA) is 12.0 Å². The third-order valence-corrected chi connectivity index (χ3v) is 3.04. The van der Waals surface area contributed by atoms with Crippen LogP contribution < -0.4 is 5.32 Å². The molecule has 0 aliphatic carbocycles. The van der Waals surface area contributed by atoms with Gasteiger partial charge in [-0.2, -0.15) is 0 Å². The smallest absolute Gasteiger partial charge is 0.0377 e. The molecule has 1 aliphatic heterocycles. The van der Waals surface area contributed by atoms with Gasteiger partial charge in [-0.15, -0.1) is 0 Å². The molecule has 0 radical (unpaired) electrons. The molecular formula is C12H17N. The van der Waals surface area contributed by atoms with Gasteiger partial charge in [0.25, 0.3) is 0 Å². The van der Waals surface area contributed by atoms with Gasteiger partial charge in [-0.3, -0.25) is 0 Å². The van der Waals surface area contributed by atoms with Gasteiger partial charge in [-0.25, -0.2) is 0 Å². The number of hydrogen-bond acceptors (Lipinski definition) is 1. The van der Waals surface area contributed by atoms with Crippen molar-refractivity contribution in [3.05, 3.63) is 29.3 Å². The lowest BCUT2D eigenvalue weighted by Gasteiger charge is -2.30. The van der Waals surface area contributed by atoms with Crippen molar-refractivity contribution >= 4 is 5.69 Å². The van der Waals surface area contributed by atoms with Crippen LogP contribution in [0.1, 0.15) is 25.0 Å². The van der Waals surface area contributed by atoms with E-state index in [9.17, 15) is 0 Å². The number of fused-ring (bicyclic) bond motifs is 1. The molecule has 1 aromatic rings. The van der Waals surface area contributed by atoms with Crippen molar-refractivity contribution in [3.8, 4) is 0 Å². The van der Waals surface area contributed by atoms with Crippen LogP contribution in [-0.2, 0) is 6.42 Å². The summed E-state index contributed by atoms with van der Waals surface area (Å²) in [6, 6.07) is 7.30. The van der Waals surface area contributed by atoms with E-state index in [-0.39, 0.29) is 0 Å². The van der Waals surface area contributed by atoms with Crippen LogP contribution in [-0.4, -0.2) is 6.04 Å². The minimum Gasteiger partial charge on any atom is -0.382 e. The summed E-state index contributed by atoms with van der Waals surface area (Å²) in [4.78, 5) is 0. The van der Waals surface area contributed by atoms with Crippen molar-refractivity contribution < 1.29 is 0 Å². The van der Waals surface area contributed by atoms with Crippen LogP contribution in [0.15, 0.2) is 18.2 Å². The zero-order valence-electron chi connectivity index (χ0n) is 8.59.